The first kappa shape index (κ1) is 23.3. The molecular weight excluding hydrogens is 421 g/mol. The van der Waals surface area contributed by atoms with Gasteiger partial charge in [0.1, 0.15) is 5.75 Å². The van der Waals surface area contributed by atoms with Crippen LogP contribution in [0.5, 0.6) is 5.75 Å². The summed E-state index contributed by atoms with van der Waals surface area (Å²) < 4.78 is 45.5. The highest BCUT2D eigenvalue weighted by molar-refractivity contribution is 5.95. The zero-order chi connectivity index (χ0) is 23.5. The van der Waals surface area contributed by atoms with Crippen LogP contribution >= 0.6 is 0 Å². The minimum atomic E-state index is -4.48. The van der Waals surface area contributed by atoms with Gasteiger partial charge in [0.05, 0.1) is 35.7 Å². The van der Waals surface area contributed by atoms with Crippen LogP contribution < -0.4 is 10.1 Å². The van der Waals surface area contributed by atoms with Crippen molar-refractivity contribution in [3.8, 4) is 11.6 Å². The van der Waals surface area contributed by atoms with E-state index in [9.17, 15) is 18.0 Å². The molecule has 0 unspecified atom stereocenters. The Bertz CT molecular complexity index is 1080. The molecule has 6 nitrogen and oxygen atoms in total. The van der Waals surface area contributed by atoms with Crippen molar-refractivity contribution in [2.45, 2.75) is 45.8 Å². The molecule has 0 radical (unpaired) electrons. The number of alkyl halides is 3. The van der Waals surface area contributed by atoms with Gasteiger partial charge in [-0.3, -0.25) is 4.79 Å². The van der Waals surface area contributed by atoms with Crippen molar-refractivity contribution in [3.05, 3.63) is 71.2 Å². The third-order valence-corrected chi connectivity index (χ3v) is 4.91. The summed E-state index contributed by atoms with van der Waals surface area (Å²) in [6.45, 7) is 8.06. The summed E-state index contributed by atoms with van der Waals surface area (Å²) >= 11 is 0. The number of benzene rings is 1. The van der Waals surface area contributed by atoms with Gasteiger partial charge in [0.15, 0.2) is 5.82 Å². The molecule has 170 valence electrons. The van der Waals surface area contributed by atoms with Crippen LogP contribution in [0, 0.1) is 0 Å². The normalized spacial score (nSPS) is 12.6. The first-order chi connectivity index (χ1) is 15.1. The predicted molar refractivity (Wildman–Crippen MR) is 114 cm³/mol. The number of hydrogen-bond acceptors (Lipinski definition) is 4. The van der Waals surface area contributed by atoms with Crippen LogP contribution in [0.1, 0.15) is 66.8 Å². The Labute approximate surface area is 184 Å². The average molecular weight is 446 g/mol. The van der Waals surface area contributed by atoms with Crippen LogP contribution in [-0.2, 0) is 6.18 Å². The smallest absolute Gasteiger partial charge is 0.417 e. The predicted octanol–water partition coefficient (Wildman–Crippen LogP) is 5.30. The van der Waals surface area contributed by atoms with Crippen molar-refractivity contribution in [1.29, 1.82) is 0 Å². The SMILES string of the molecule is CCOc1cccc([C@@H](C)NC(=O)c2cnn(-c3ccc(C(F)(F)F)cn3)c2C(C)C)c1. The molecule has 0 aliphatic heterocycles. The van der Waals surface area contributed by atoms with Crippen molar-refractivity contribution in [3.63, 3.8) is 0 Å². The quantitative estimate of drug-likeness (QED) is 0.535. The van der Waals surface area contributed by atoms with Crippen LogP contribution in [0.15, 0.2) is 48.8 Å². The van der Waals surface area contributed by atoms with Crippen molar-refractivity contribution in [2.75, 3.05) is 6.61 Å². The summed E-state index contributed by atoms with van der Waals surface area (Å²) in [5.74, 6) is 0.466. The number of ether oxygens (including phenoxy) is 1. The summed E-state index contributed by atoms with van der Waals surface area (Å²) in [4.78, 5) is 16.9. The maximum Gasteiger partial charge on any atom is 0.417 e. The van der Waals surface area contributed by atoms with E-state index in [0.717, 1.165) is 23.6 Å². The molecule has 0 spiro atoms. The van der Waals surface area contributed by atoms with Gasteiger partial charge in [-0.1, -0.05) is 26.0 Å². The third-order valence-electron chi connectivity index (χ3n) is 4.91. The molecule has 1 atom stereocenters. The van der Waals surface area contributed by atoms with Gasteiger partial charge in [-0.25, -0.2) is 9.67 Å². The molecule has 0 aliphatic rings. The molecule has 0 saturated heterocycles. The minimum Gasteiger partial charge on any atom is -0.494 e. The van der Waals surface area contributed by atoms with Crippen molar-refractivity contribution < 1.29 is 22.7 Å². The Kier molecular flexibility index (Phi) is 6.86. The van der Waals surface area contributed by atoms with Gasteiger partial charge in [0.2, 0.25) is 0 Å². The van der Waals surface area contributed by atoms with Crippen LogP contribution in [-0.4, -0.2) is 27.3 Å². The Balaban J connectivity index is 1.86. The molecule has 1 N–H and O–H groups in total. The number of halogens is 3. The summed E-state index contributed by atoms with van der Waals surface area (Å²) in [5, 5.41) is 7.19. The molecule has 2 heterocycles. The second kappa shape index (κ2) is 9.42. The van der Waals surface area contributed by atoms with E-state index < -0.39 is 11.7 Å². The molecule has 0 aliphatic carbocycles. The second-order valence-electron chi connectivity index (χ2n) is 7.61. The largest absolute Gasteiger partial charge is 0.494 e. The molecule has 1 amide bonds. The third kappa shape index (κ3) is 5.09. The Morgan fingerprint density at radius 1 is 1.16 bits per heavy atom. The molecule has 1 aromatic carbocycles. The van der Waals surface area contributed by atoms with E-state index in [4.69, 9.17) is 4.74 Å². The second-order valence-corrected chi connectivity index (χ2v) is 7.61. The van der Waals surface area contributed by atoms with Gasteiger partial charge in [0, 0.05) is 6.20 Å². The monoisotopic (exact) mass is 446 g/mol. The van der Waals surface area contributed by atoms with Gasteiger partial charge in [0.25, 0.3) is 5.91 Å². The van der Waals surface area contributed by atoms with E-state index in [1.807, 2.05) is 52.0 Å². The van der Waals surface area contributed by atoms with Gasteiger partial charge in [-0.2, -0.15) is 18.3 Å². The van der Waals surface area contributed by atoms with Crippen LogP contribution in [0.2, 0.25) is 0 Å². The number of carbonyl (C=O) groups is 1. The van der Waals surface area contributed by atoms with E-state index >= 15 is 0 Å². The molecule has 3 aromatic rings. The zero-order valence-electron chi connectivity index (χ0n) is 18.3. The average Bonchev–Trinajstić information content (AvgIpc) is 3.19. The van der Waals surface area contributed by atoms with Crippen LogP contribution in [0.25, 0.3) is 5.82 Å². The van der Waals surface area contributed by atoms with E-state index in [-0.39, 0.29) is 23.7 Å². The standard InChI is InChI=1S/C23H25F3N4O2/c1-5-32-18-8-6-7-16(11-18)15(4)29-22(31)19-13-28-30(21(19)14(2)3)20-10-9-17(12-27-20)23(24,25)26/h6-15H,5H2,1-4H3,(H,29,31)/t15-/m1/s1. The first-order valence-corrected chi connectivity index (χ1v) is 10.3. The number of nitrogens with one attached hydrogen (secondary N) is 1. The zero-order valence-corrected chi connectivity index (χ0v) is 18.3. The highest BCUT2D eigenvalue weighted by Gasteiger charge is 2.31. The molecule has 0 saturated carbocycles. The fourth-order valence-electron chi connectivity index (χ4n) is 3.35. The van der Waals surface area contributed by atoms with E-state index in [0.29, 0.717) is 17.9 Å². The maximum absolute atomic E-state index is 13.0. The van der Waals surface area contributed by atoms with E-state index in [1.54, 1.807) is 0 Å². The minimum absolute atomic E-state index is 0.126. The Morgan fingerprint density at radius 3 is 2.50 bits per heavy atom. The number of rotatable bonds is 7. The summed E-state index contributed by atoms with van der Waals surface area (Å²) in [7, 11) is 0. The number of hydrogen-bond donors (Lipinski definition) is 1. The number of amides is 1. The van der Waals surface area contributed by atoms with Crippen molar-refractivity contribution in [1.82, 2.24) is 20.1 Å². The summed E-state index contributed by atoms with van der Waals surface area (Å²) in [6, 6.07) is 9.36. The molecular formula is C23H25F3N4O2. The van der Waals surface area contributed by atoms with Crippen molar-refractivity contribution >= 4 is 5.91 Å². The van der Waals surface area contributed by atoms with Gasteiger partial charge in [-0.15, -0.1) is 0 Å². The highest BCUT2D eigenvalue weighted by Crippen LogP contribution is 2.29. The lowest BCUT2D eigenvalue weighted by Crippen LogP contribution is -2.27. The lowest BCUT2D eigenvalue weighted by molar-refractivity contribution is -0.137. The van der Waals surface area contributed by atoms with Crippen LogP contribution in [0.3, 0.4) is 0 Å². The van der Waals surface area contributed by atoms with Gasteiger partial charge in [-0.05, 0) is 49.6 Å². The fraction of sp³-hybridized carbons (Fsp3) is 0.348. The fourth-order valence-corrected chi connectivity index (χ4v) is 3.35. The topological polar surface area (TPSA) is 69.0 Å². The Morgan fingerprint density at radius 2 is 1.91 bits per heavy atom. The molecule has 32 heavy (non-hydrogen) atoms. The van der Waals surface area contributed by atoms with Gasteiger partial charge < -0.3 is 10.1 Å². The Hall–Kier alpha value is -3.36. The number of carbonyl (C=O) groups excluding carboxylic acids is 1. The lowest BCUT2D eigenvalue weighted by Gasteiger charge is -2.17. The van der Waals surface area contributed by atoms with Gasteiger partial charge >= 0.3 is 6.18 Å². The summed E-state index contributed by atoms with van der Waals surface area (Å²) in [5.41, 5.74) is 0.937. The number of aromatic nitrogens is 3. The van der Waals surface area contributed by atoms with Crippen molar-refractivity contribution in [2.24, 2.45) is 0 Å². The molecule has 0 bridgehead atoms. The molecule has 0 fully saturated rings. The first-order valence-electron chi connectivity index (χ1n) is 10.3. The van der Waals surface area contributed by atoms with E-state index in [1.165, 1.54) is 16.9 Å². The van der Waals surface area contributed by atoms with E-state index in [2.05, 4.69) is 15.4 Å². The van der Waals surface area contributed by atoms with Crippen LogP contribution in [0.4, 0.5) is 13.2 Å². The highest BCUT2D eigenvalue weighted by atomic mass is 19.4. The molecule has 3 rings (SSSR count). The maximum atomic E-state index is 13.0. The number of pyridine rings is 1. The summed E-state index contributed by atoms with van der Waals surface area (Å²) in [6.07, 6.45) is -2.31. The molecule has 2 aromatic heterocycles. The number of nitrogens with zero attached hydrogens (tertiary/aromatic N) is 3. The molecule has 9 heteroatoms. The lowest BCUT2D eigenvalue weighted by atomic mass is 10.0.